The molecule has 0 heterocycles. The Morgan fingerprint density at radius 3 is 2.20 bits per heavy atom. The molecule has 11 unspecified atom stereocenters. The topological polar surface area (TPSA) is 104 Å². The summed E-state index contributed by atoms with van der Waals surface area (Å²) in [6.45, 7) is 22.3. The quantitative estimate of drug-likeness (QED) is 0.190. The third-order valence-electron chi connectivity index (χ3n) is 19.5. The summed E-state index contributed by atoms with van der Waals surface area (Å²) in [5, 5.41) is 25.6. The number of allylic oxidation sites excluding steroid dienone is 5. The summed E-state index contributed by atoms with van der Waals surface area (Å²) in [5.74, 6) is 1.79. The van der Waals surface area contributed by atoms with Crippen molar-refractivity contribution in [1.82, 2.24) is 5.32 Å². The number of rotatable bonds is 10. The Labute approximate surface area is 339 Å². The molecular formula is C48H76FNO5S. The molecule has 0 saturated heterocycles. The van der Waals surface area contributed by atoms with Crippen LogP contribution >= 0.6 is 0 Å². The number of aliphatic carboxylic acids is 1. The molecule has 0 radical (unpaired) electrons. The van der Waals surface area contributed by atoms with E-state index in [4.69, 9.17) is 0 Å². The van der Waals surface area contributed by atoms with Gasteiger partial charge in [0.25, 0.3) is 0 Å². The molecule has 7 rings (SSSR count). The van der Waals surface area contributed by atoms with Crippen molar-refractivity contribution < 1.29 is 27.8 Å². The van der Waals surface area contributed by atoms with E-state index in [0.29, 0.717) is 74.5 Å². The molecular weight excluding hydrogens is 722 g/mol. The second-order valence-corrected chi connectivity index (χ2v) is 24.4. The maximum Gasteiger partial charge on any atom is 0.312 e. The molecule has 7 aliphatic carbocycles. The highest BCUT2D eigenvalue weighted by Crippen LogP contribution is 2.76. The fourth-order valence-electron chi connectivity index (χ4n) is 16.1. The standard InChI is InChI=1S/C48H76FNO5S/c1-10-39(49)47(41(51)52)24-13-32(14-25-47)35-18-20-43(6)37(42(35,4)5)19-21-45(8)38(43)12-11-36-40-34(31(2)3)17-26-48(40,28-27-44(36,45)7)50-30-29-46(53)22-15-33(16-23-46)56(9,54)55/h13,18,33-34,36-40,50,53H,2,10-12,14-17,19-30H2,1,3-9H3,(H,51,52). The summed E-state index contributed by atoms with van der Waals surface area (Å²) >= 11 is 0. The fraction of sp³-hybridized carbons (Fsp3) is 0.854. The van der Waals surface area contributed by atoms with Crippen molar-refractivity contribution in [3.63, 3.8) is 0 Å². The molecule has 316 valence electrons. The summed E-state index contributed by atoms with van der Waals surface area (Å²) in [6, 6.07) is 0. The molecule has 6 nitrogen and oxygen atoms in total. The molecule has 0 amide bonds. The second kappa shape index (κ2) is 14.3. The van der Waals surface area contributed by atoms with E-state index < -0.39 is 33.0 Å². The van der Waals surface area contributed by atoms with E-state index in [0.717, 1.165) is 25.8 Å². The minimum absolute atomic E-state index is 0.0444. The number of carboxylic acid groups (broad SMARTS) is 1. The van der Waals surface area contributed by atoms with Crippen LogP contribution in [0.3, 0.4) is 0 Å². The first-order valence-corrected chi connectivity index (χ1v) is 24.6. The maximum absolute atomic E-state index is 15.1. The Morgan fingerprint density at radius 2 is 1.61 bits per heavy atom. The second-order valence-electron chi connectivity index (χ2n) is 22.1. The number of halogens is 1. The third kappa shape index (κ3) is 6.40. The number of fused-ring (bicyclic) bond motifs is 7. The molecule has 5 saturated carbocycles. The lowest BCUT2D eigenvalue weighted by Crippen LogP contribution is -2.68. The van der Waals surface area contributed by atoms with Gasteiger partial charge in [-0.3, -0.25) is 4.79 Å². The van der Waals surface area contributed by atoms with Gasteiger partial charge in [-0.1, -0.05) is 65.8 Å². The minimum atomic E-state index is -3.07. The number of carboxylic acids is 1. The smallest absolute Gasteiger partial charge is 0.312 e. The van der Waals surface area contributed by atoms with Crippen LogP contribution in [-0.4, -0.2) is 60.0 Å². The van der Waals surface area contributed by atoms with Crippen LogP contribution in [0, 0.1) is 56.7 Å². The van der Waals surface area contributed by atoms with Crippen LogP contribution in [0.15, 0.2) is 35.5 Å². The van der Waals surface area contributed by atoms with Gasteiger partial charge in [-0.15, -0.1) is 0 Å². The van der Waals surface area contributed by atoms with Gasteiger partial charge in [0.2, 0.25) is 0 Å². The van der Waals surface area contributed by atoms with E-state index in [1.807, 2.05) is 0 Å². The van der Waals surface area contributed by atoms with Crippen LogP contribution in [0.1, 0.15) is 164 Å². The Kier molecular flexibility index (Phi) is 10.9. The van der Waals surface area contributed by atoms with Gasteiger partial charge in [0.05, 0.1) is 10.9 Å². The van der Waals surface area contributed by atoms with Crippen molar-refractivity contribution in [3.05, 3.63) is 35.5 Å². The monoisotopic (exact) mass is 798 g/mol. The van der Waals surface area contributed by atoms with E-state index in [1.54, 1.807) is 6.92 Å². The van der Waals surface area contributed by atoms with Crippen molar-refractivity contribution in [1.29, 1.82) is 0 Å². The molecule has 0 aliphatic heterocycles. The van der Waals surface area contributed by atoms with Gasteiger partial charge >= 0.3 is 5.97 Å². The number of alkyl halides is 1. The highest BCUT2D eigenvalue weighted by atomic mass is 32.2. The Hall–Kier alpha value is -1.51. The average Bonchev–Trinajstić information content (AvgIpc) is 3.51. The van der Waals surface area contributed by atoms with Crippen LogP contribution in [-0.2, 0) is 14.6 Å². The summed E-state index contributed by atoms with van der Waals surface area (Å²) in [5.41, 5.74) is 2.49. The first-order valence-electron chi connectivity index (χ1n) is 22.6. The molecule has 56 heavy (non-hydrogen) atoms. The van der Waals surface area contributed by atoms with Crippen LogP contribution < -0.4 is 5.32 Å². The number of hydrogen-bond donors (Lipinski definition) is 3. The van der Waals surface area contributed by atoms with Gasteiger partial charge < -0.3 is 15.5 Å². The van der Waals surface area contributed by atoms with Crippen molar-refractivity contribution >= 4 is 15.8 Å². The number of sulfone groups is 1. The zero-order chi connectivity index (χ0) is 40.9. The van der Waals surface area contributed by atoms with Crippen molar-refractivity contribution in [2.45, 2.75) is 187 Å². The zero-order valence-corrected chi connectivity index (χ0v) is 37.1. The zero-order valence-electron chi connectivity index (χ0n) is 36.2. The van der Waals surface area contributed by atoms with Crippen molar-refractivity contribution in [2.24, 2.45) is 56.7 Å². The summed E-state index contributed by atoms with van der Waals surface area (Å²) in [6.07, 6.45) is 19.7. The first kappa shape index (κ1) is 42.6. The van der Waals surface area contributed by atoms with Crippen molar-refractivity contribution in [2.75, 3.05) is 12.8 Å². The maximum atomic E-state index is 15.1. The van der Waals surface area contributed by atoms with Crippen LogP contribution in [0.5, 0.6) is 0 Å². The summed E-state index contributed by atoms with van der Waals surface area (Å²) in [7, 11) is -3.07. The van der Waals surface area contributed by atoms with Gasteiger partial charge in [-0.05, 0) is 191 Å². The molecule has 8 heteroatoms. The Bertz CT molecular complexity index is 1740. The Morgan fingerprint density at radius 1 is 0.911 bits per heavy atom. The highest BCUT2D eigenvalue weighted by molar-refractivity contribution is 7.91. The van der Waals surface area contributed by atoms with Crippen LogP contribution in [0.2, 0.25) is 0 Å². The predicted octanol–water partition coefficient (Wildman–Crippen LogP) is 10.6. The molecule has 5 fully saturated rings. The minimum Gasteiger partial charge on any atom is -0.481 e. The van der Waals surface area contributed by atoms with Gasteiger partial charge in [0.15, 0.2) is 0 Å². The van der Waals surface area contributed by atoms with E-state index in [9.17, 15) is 23.4 Å². The highest BCUT2D eigenvalue weighted by Gasteiger charge is 2.70. The number of nitrogens with one attached hydrogen (secondary N) is 1. The molecule has 0 spiro atoms. The van der Waals surface area contributed by atoms with E-state index in [2.05, 4.69) is 65.6 Å². The number of carbonyl (C=O) groups is 1. The molecule has 0 aromatic carbocycles. The summed E-state index contributed by atoms with van der Waals surface area (Å²) < 4.78 is 39.5. The predicted molar refractivity (Wildman–Crippen MR) is 225 cm³/mol. The lowest BCUT2D eigenvalue weighted by Gasteiger charge is -2.72. The average molecular weight is 798 g/mol. The molecule has 0 bridgehead atoms. The molecule has 7 aliphatic rings. The van der Waals surface area contributed by atoms with Crippen LogP contribution in [0.25, 0.3) is 0 Å². The van der Waals surface area contributed by atoms with Gasteiger partial charge in [-0.25, -0.2) is 12.8 Å². The van der Waals surface area contributed by atoms with Gasteiger partial charge in [0.1, 0.15) is 21.4 Å². The molecule has 0 aromatic heterocycles. The lowest BCUT2D eigenvalue weighted by atomic mass is 9.33. The SMILES string of the molecule is C=C(C)C1CCC2(NCCC3(O)CCC(S(C)(=O)=O)CC3)CCC3(C)C(CCC4C5(C)CC=C(C6=CCC(C(=O)O)(C(F)CC)CC6)C(C)(C)C5CCC43C)C12. The number of hydrogen-bond acceptors (Lipinski definition) is 5. The van der Waals surface area contributed by atoms with E-state index in [1.165, 1.54) is 61.5 Å². The van der Waals surface area contributed by atoms with Crippen molar-refractivity contribution in [3.8, 4) is 0 Å². The fourth-order valence-corrected chi connectivity index (χ4v) is 17.2. The van der Waals surface area contributed by atoms with Gasteiger partial charge in [0, 0.05) is 11.8 Å². The Balaban J connectivity index is 1.11. The summed E-state index contributed by atoms with van der Waals surface area (Å²) in [4.78, 5) is 12.4. The first-order chi connectivity index (χ1) is 26.0. The molecule has 11 atom stereocenters. The van der Waals surface area contributed by atoms with Crippen LogP contribution in [0.4, 0.5) is 4.39 Å². The molecule has 0 aromatic rings. The van der Waals surface area contributed by atoms with Gasteiger partial charge in [-0.2, -0.15) is 0 Å². The molecule has 3 N–H and O–H groups in total. The number of aliphatic hydroxyl groups is 1. The largest absolute Gasteiger partial charge is 0.481 e. The lowest BCUT2D eigenvalue weighted by molar-refractivity contribution is -0.221. The van der Waals surface area contributed by atoms with E-state index in [-0.39, 0.29) is 45.3 Å². The van der Waals surface area contributed by atoms with E-state index >= 15 is 4.39 Å². The normalized spacial score (nSPS) is 46.6. The third-order valence-corrected chi connectivity index (χ3v) is 21.1.